The first-order valence-electron chi connectivity index (χ1n) is 8.57. The van der Waals surface area contributed by atoms with E-state index in [4.69, 9.17) is 9.15 Å². The highest BCUT2D eigenvalue weighted by atomic mass is 32.1. The Morgan fingerprint density at radius 3 is 2.63 bits per heavy atom. The second-order valence-electron chi connectivity index (χ2n) is 6.17. The lowest BCUT2D eigenvalue weighted by molar-refractivity contribution is -0.132. The summed E-state index contributed by atoms with van der Waals surface area (Å²) >= 11 is 1.61. The second kappa shape index (κ2) is 8.68. The minimum atomic E-state index is -0.0567. The fraction of sp³-hybridized carbons (Fsp3) is 0.238. The number of nitrogens with zero attached hydrogens (tertiary/aromatic N) is 1. The molecule has 0 saturated carbocycles. The zero-order valence-corrected chi connectivity index (χ0v) is 16.1. The molecular formula is C21H21NO4S. The van der Waals surface area contributed by atoms with E-state index in [-0.39, 0.29) is 18.1 Å². The number of carbonyl (C=O) groups is 2. The normalized spacial score (nSPS) is 10.6. The van der Waals surface area contributed by atoms with Crippen molar-refractivity contribution < 1.29 is 18.7 Å². The monoisotopic (exact) mass is 383 g/mol. The third kappa shape index (κ3) is 4.86. The van der Waals surface area contributed by atoms with Crippen molar-refractivity contribution >= 4 is 23.0 Å². The van der Waals surface area contributed by atoms with E-state index in [2.05, 4.69) is 0 Å². The van der Waals surface area contributed by atoms with Crippen LogP contribution in [0.25, 0.3) is 0 Å². The van der Waals surface area contributed by atoms with E-state index >= 15 is 0 Å². The zero-order chi connectivity index (χ0) is 19.2. The molecule has 2 aromatic heterocycles. The van der Waals surface area contributed by atoms with Gasteiger partial charge in [-0.2, -0.15) is 0 Å². The maximum Gasteiger partial charge on any atom is 0.227 e. The molecule has 0 fully saturated rings. The van der Waals surface area contributed by atoms with Gasteiger partial charge in [-0.05, 0) is 48.7 Å². The van der Waals surface area contributed by atoms with Gasteiger partial charge in [0.2, 0.25) is 5.91 Å². The fourth-order valence-electron chi connectivity index (χ4n) is 2.82. The van der Waals surface area contributed by atoms with E-state index in [9.17, 15) is 9.59 Å². The van der Waals surface area contributed by atoms with E-state index in [1.807, 2.05) is 29.6 Å². The molecule has 3 aromatic rings. The number of ketones is 1. The quantitative estimate of drug-likeness (QED) is 0.544. The summed E-state index contributed by atoms with van der Waals surface area (Å²) in [6.07, 6.45) is 1.75. The van der Waals surface area contributed by atoms with Crippen LogP contribution in [0, 0.1) is 0 Å². The van der Waals surface area contributed by atoms with Gasteiger partial charge < -0.3 is 14.1 Å². The maximum absolute atomic E-state index is 13.1. The van der Waals surface area contributed by atoms with Crippen LogP contribution in [0.15, 0.2) is 58.5 Å². The third-order valence-corrected chi connectivity index (χ3v) is 5.10. The summed E-state index contributed by atoms with van der Waals surface area (Å²) in [4.78, 5) is 27.6. The summed E-state index contributed by atoms with van der Waals surface area (Å²) in [5, 5.41) is 1.99. The molecule has 0 saturated heterocycles. The number of thiophene rings is 1. The van der Waals surface area contributed by atoms with Gasteiger partial charge in [0.15, 0.2) is 5.78 Å². The summed E-state index contributed by atoms with van der Waals surface area (Å²) in [6, 6.07) is 12.8. The van der Waals surface area contributed by atoms with Gasteiger partial charge in [-0.25, -0.2) is 0 Å². The Morgan fingerprint density at radius 2 is 2.00 bits per heavy atom. The van der Waals surface area contributed by atoms with E-state index in [0.29, 0.717) is 30.0 Å². The number of Topliss-reactive ketones (excluding diaryl/α,β-unsaturated/α-hetero) is 1. The molecule has 27 heavy (non-hydrogen) atoms. The fourth-order valence-corrected chi connectivity index (χ4v) is 3.54. The Balaban J connectivity index is 1.83. The number of amides is 1. The third-order valence-electron chi connectivity index (χ3n) is 4.23. The number of rotatable bonds is 8. The molecule has 5 nitrogen and oxygen atoms in total. The predicted octanol–water partition coefficient (Wildman–Crippen LogP) is 4.32. The molecule has 1 amide bonds. The first-order chi connectivity index (χ1) is 13.1. The number of hydrogen-bond acceptors (Lipinski definition) is 5. The van der Waals surface area contributed by atoms with Crippen molar-refractivity contribution in [3.8, 4) is 5.75 Å². The summed E-state index contributed by atoms with van der Waals surface area (Å²) in [7, 11) is 1.56. The molecule has 2 heterocycles. The Kier molecular flexibility index (Phi) is 6.08. The maximum atomic E-state index is 13.1. The molecule has 0 radical (unpaired) electrons. The number of ether oxygens (including phenoxy) is 1. The molecule has 0 aliphatic carbocycles. The Hall–Kier alpha value is -2.86. The van der Waals surface area contributed by atoms with E-state index in [0.717, 1.165) is 10.6 Å². The highest BCUT2D eigenvalue weighted by Crippen LogP contribution is 2.23. The van der Waals surface area contributed by atoms with Gasteiger partial charge in [0.1, 0.15) is 11.5 Å². The van der Waals surface area contributed by atoms with Crippen LogP contribution in [0.4, 0.5) is 0 Å². The first kappa shape index (κ1) is 18.9. The first-order valence-corrected chi connectivity index (χ1v) is 9.45. The average Bonchev–Trinajstić information content (AvgIpc) is 3.35. The molecule has 6 heteroatoms. The predicted molar refractivity (Wildman–Crippen MR) is 104 cm³/mol. The van der Waals surface area contributed by atoms with Gasteiger partial charge in [0.25, 0.3) is 0 Å². The Morgan fingerprint density at radius 1 is 1.15 bits per heavy atom. The molecule has 0 aliphatic rings. The summed E-state index contributed by atoms with van der Waals surface area (Å²) in [6.45, 7) is 2.40. The minimum absolute atomic E-state index is 0.0441. The van der Waals surface area contributed by atoms with Crippen LogP contribution < -0.4 is 4.74 Å². The summed E-state index contributed by atoms with van der Waals surface area (Å²) in [5.41, 5.74) is 1.26. The van der Waals surface area contributed by atoms with Gasteiger partial charge in [0, 0.05) is 16.0 Å². The SMILES string of the molecule is COc1ccc(C(C)=O)cc1CC(=O)N(Cc1ccco1)Cc1cccs1. The number of hydrogen-bond donors (Lipinski definition) is 0. The smallest absolute Gasteiger partial charge is 0.227 e. The molecule has 140 valence electrons. The summed E-state index contributed by atoms with van der Waals surface area (Å²) < 4.78 is 10.8. The van der Waals surface area contributed by atoms with Gasteiger partial charge >= 0.3 is 0 Å². The largest absolute Gasteiger partial charge is 0.496 e. The molecule has 0 unspecified atom stereocenters. The molecule has 0 bridgehead atoms. The van der Waals surface area contributed by atoms with Crippen molar-refractivity contribution in [2.45, 2.75) is 26.4 Å². The van der Waals surface area contributed by atoms with Crippen molar-refractivity contribution in [1.82, 2.24) is 4.90 Å². The molecule has 0 spiro atoms. The van der Waals surface area contributed by atoms with Crippen molar-refractivity contribution in [2.75, 3.05) is 7.11 Å². The number of methoxy groups -OCH3 is 1. The molecule has 3 rings (SSSR count). The van der Waals surface area contributed by atoms with Crippen molar-refractivity contribution in [2.24, 2.45) is 0 Å². The molecule has 0 atom stereocenters. The topological polar surface area (TPSA) is 59.8 Å². The average molecular weight is 383 g/mol. The van der Waals surface area contributed by atoms with Crippen LogP contribution in [0.5, 0.6) is 5.75 Å². The number of carbonyl (C=O) groups excluding carboxylic acids is 2. The van der Waals surface area contributed by atoms with Crippen LogP contribution in [-0.2, 0) is 24.3 Å². The van der Waals surface area contributed by atoms with Crippen LogP contribution in [0.2, 0.25) is 0 Å². The molecular weight excluding hydrogens is 362 g/mol. The van der Waals surface area contributed by atoms with Crippen LogP contribution in [-0.4, -0.2) is 23.7 Å². The van der Waals surface area contributed by atoms with Gasteiger partial charge in [-0.1, -0.05) is 6.07 Å². The molecule has 0 N–H and O–H groups in total. The zero-order valence-electron chi connectivity index (χ0n) is 15.3. The van der Waals surface area contributed by atoms with Crippen molar-refractivity contribution in [3.63, 3.8) is 0 Å². The van der Waals surface area contributed by atoms with Crippen LogP contribution in [0.1, 0.15) is 33.5 Å². The van der Waals surface area contributed by atoms with Gasteiger partial charge in [-0.15, -0.1) is 11.3 Å². The highest BCUT2D eigenvalue weighted by molar-refractivity contribution is 7.09. The Bertz CT molecular complexity index is 864. The van der Waals surface area contributed by atoms with Gasteiger partial charge in [-0.3, -0.25) is 9.59 Å². The lowest BCUT2D eigenvalue weighted by Gasteiger charge is -2.22. The van der Waals surface area contributed by atoms with Crippen molar-refractivity contribution in [1.29, 1.82) is 0 Å². The molecule has 1 aromatic carbocycles. The number of benzene rings is 1. The van der Waals surface area contributed by atoms with E-state index in [1.165, 1.54) is 6.92 Å². The van der Waals surface area contributed by atoms with Crippen LogP contribution in [0.3, 0.4) is 0 Å². The van der Waals surface area contributed by atoms with Crippen molar-refractivity contribution in [3.05, 3.63) is 75.9 Å². The standard InChI is InChI=1S/C21H21NO4S/c1-15(23)16-7-8-20(25-2)17(11-16)12-21(24)22(13-18-5-3-9-26-18)14-19-6-4-10-27-19/h3-11H,12-14H2,1-2H3. The van der Waals surface area contributed by atoms with E-state index < -0.39 is 0 Å². The molecule has 0 aliphatic heterocycles. The highest BCUT2D eigenvalue weighted by Gasteiger charge is 2.19. The van der Waals surface area contributed by atoms with Crippen LogP contribution >= 0.6 is 11.3 Å². The van der Waals surface area contributed by atoms with E-state index in [1.54, 1.807) is 47.8 Å². The minimum Gasteiger partial charge on any atom is -0.496 e. The number of furan rings is 1. The summed E-state index contributed by atoms with van der Waals surface area (Å²) in [5.74, 6) is 1.22. The Labute approximate surface area is 162 Å². The lowest BCUT2D eigenvalue weighted by Crippen LogP contribution is -2.31. The van der Waals surface area contributed by atoms with Gasteiger partial charge in [0.05, 0.1) is 32.9 Å². The second-order valence-corrected chi connectivity index (χ2v) is 7.20. The lowest BCUT2D eigenvalue weighted by atomic mass is 10.0.